The van der Waals surface area contributed by atoms with Crippen molar-refractivity contribution in [3.8, 4) is 0 Å². The predicted molar refractivity (Wildman–Crippen MR) is 51.2 cm³/mol. The molecular formula is C10H20N2. The molecule has 1 N–H and O–H groups in total. The Bertz CT molecular complexity index is 134. The first-order chi connectivity index (χ1) is 5.79. The maximum atomic E-state index is 3.37. The fraction of sp³-hybridized carbons (Fsp3) is 1.00. The Morgan fingerprint density at radius 1 is 1.17 bits per heavy atom. The van der Waals surface area contributed by atoms with Gasteiger partial charge in [-0.2, -0.15) is 0 Å². The minimum Gasteiger partial charge on any atom is -0.316 e. The van der Waals surface area contributed by atoms with Crippen molar-refractivity contribution in [1.82, 2.24) is 10.2 Å². The molecule has 0 aromatic carbocycles. The molecule has 70 valence electrons. The third-order valence-corrected chi connectivity index (χ3v) is 3.53. The van der Waals surface area contributed by atoms with Gasteiger partial charge in [0.2, 0.25) is 0 Å². The molecule has 2 fully saturated rings. The summed E-state index contributed by atoms with van der Waals surface area (Å²) in [4.78, 5) is 2.44. The second-order valence-corrected chi connectivity index (χ2v) is 4.56. The summed E-state index contributed by atoms with van der Waals surface area (Å²) in [6.07, 6.45) is 4.41. The van der Waals surface area contributed by atoms with Crippen LogP contribution in [0.2, 0.25) is 0 Å². The maximum Gasteiger partial charge on any atom is 0.0170 e. The Morgan fingerprint density at radius 2 is 1.83 bits per heavy atom. The van der Waals surface area contributed by atoms with E-state index in [1.165, 1.54) is 32.4 Å². The monoisotopic (exact) mass is 168 g/mol. The summed E-state index contributed by atoms with van der Waals surface area (Å²) in [5, 5.41) is 3.37. The van der Waals surface area contributed by atoms with Gasteiger partial charge in [0.05, 0.1) is 0 Å². The molecule has 0 bridgehead atoms. The van der Waals surface area contributed by atoms with Gasteiger partial charge < -0.3 is 10.2 Å². The molecule has 2 aliphatic rings. The van der Waals surface area contributed by atoms with E-state index < -0.39 is 0 Å². The summed E-state index contributed by atoms with van der Waals surface area (Å²) >= 11 is 0. The molecule has 1 aliphatic heterocycles. The summed E-state index contributed by atoms with van der Waals surface area (Å²) in [6, 6.07) is 0.861. The quantitative estimate of drug-likeness (QED) is 0.674. The summed E-state index contributed by atoms with van der Waals surface area (Å²) in [6.45, 7) is 2.50. The van der Waals surface area contributed by atoms with Crippen molar-refractivity contribution in [3.05, 3.63) is 0 Å². The molecular weight excluding hydrogens is 148 g/mol. The van der Waals surface area contributed by atoms with Crippen LogP contribution in [0.5, 0.6) is 0 Å². The number of nitrogens with zero attached hydrogens (tertiary/aromatic N) is 1. The summed E-state index contributed by atoms with van der Waals surface area (Å²) < 4.78 is 0. The second kappa shape index (κ2) is 3.35. The van der Waals surface area contributed by atoms with Crippen LogP contribution in [-0.2, 0) is 0 Å². The molecule has 0 aromatic heterocycles. The Labute approximate surface area is 75.3 Å². The normalized spacial score (nSPS) is 28.2. The Kier molecular flexibility index (Phi) is 2.37. The van der Waals surface area contributed by atoms with Crippen LogP contribution in [0.25, 0.3) is 0 Å². The van der Waals surface area contributed by atoms with Gasteiger partial charge in [-0.15, -0.1) is 0 Å². The van der Waals surface area contributed by atoms with Gasteiger partial charge in [0, 0.05) is 19.1 Å². The van der Waals surface area contributed by atoms with Gasteiger partial charge in [-0.1, -0.05) is 6.42 Å². The number of nitrogens with one attached hydrogen (secondary N) is 1. The maximum absolute atomic E-state index is 3.37. The van der Waals surface area contributed by atoms with Crippen molar-refractivity contribution < 1.29 is 0 Å². The number of hydrogen-bond donors (Lipinski definition) is 1. The molecule has 0 radical (unpaired) electrons. The van der Waals surface area contributed by atoms with Gasteiger partial charge in [0.25, 0.3) is 0 Å². The standard InChI is InChI=1S/C10H20N2/c1-12(2)10(8-4-3-5-8)9-6-11-7-9/h8-11H,3-7H2,1-2H3. The molecule has 0 aromatic rings. The van der Waals surface area contributed by atoms with Crippen LogP contribution in [-0.4, -0.2) is 38.1 Å². The summed E-state index contributed by atoms with van der Waals surface area (Å²) in [7, 11) is 4.47. The first kappa shape index (κ1) is 8.52. The zero-order chi connectivity index (χ0) is 8.55. The fourth-order valence-electron chi connectivity index (χ4n) is 2.56. The van der Waals surface area contributed by atoms with Crippen molar-refractivity contribution in [2.45, 2.75) is 25.3 Å². The first-order valence-corrected chi connectivity index (χ1v) is 5.16. The Morgan fingerprint density at radius 3 is 2.08 bits per heavy atom. The van der Waals surface area contributed by atoms with Crippen molar-refractivity contribution in [2.24, 2.45) is 11.8 Å². The minimum atomic E-state index is 0.861. The zero-order valence-electron chi connectivity index (χ0n) is 8.21. The Balaban J connectivity index is 1.91. The highest BCUT2D eigenvalue weighted by atomic mass is 15.1. The molecule has 2 heteroatoms. The minimum absolute atomic E-state index is 0.861. The highest BCUT2D eigenvalue weighted by molar-refractivity contribution is 4.93. The van der Waals surface area contributed by atoms with Crippen LogP contribution in [0.3, 0.4) is 0 Å². The van der Waals surface area contributed by atoms with Gasteiger partial charge >= 0.3 is 0 Å². The molecule has 1 atom stereocenters. The van der Waals surface area contributed by atoms with Crippen LogP contribution in [0, 0.1) is 11.8 Å². The molecule has 1 aliphatic carbocycles. The largest absolute Gasteiger partial charge is 0.316 e. The molecule has 12 heavy (non-hydrogen) atoms. The molecule has 1 heterocycles. The highest BCUT2D eigenvalue weighted by Gasteiger charge is 2.37. The van der Waals surface area contributed by atoms with E-state index in [-0.39, 0.29) is 0 Å². The van der Waals surface area contributed by atoms with E-state index in [2.05, 4.69) is 24.3 Å². The lowest BCUT2D eigenvalue weighted by Gasteiger charge is -2.46. The van der Waals surface area contributed by atoms with E-state index in [1.54, 1.807) is 0 Å². The zero-order valence-corrected chi connectivity index (χ0v) is 8.21. The molecule has 2 nitrogen and oxygen atoms in total. The van der Waals surface area contributed by atoms with Gasteiger partial charge in [0.15, 0.2) is 0 Å². The average molecular weight is 168 g/mol. The number of hydrogen-bond acceptors (Lipinski definition) is 2. The lowest BCUT2D eigenvalue weighted by Crippen LogP contribution is -2.56. The van der Waals surface area contributed by atoms with E-state index in [1.807, 2.05) is 0 Å². The smallest absolute Gasteiger partial charge is 0.0170 e. The predicted octanol–water partition coefficient (Wildman–Crippen LogP) is 0.936. The molecule has 1 saturated heterocycles. The van der Waals surface area contributed by atoms with Crippen molar-refractivity contribution >= 4 is 0 Å². The highest BCUT2D eigenvalue weighted by Crippen LogP contribution is 2.35. The SMILES string of the molecule is CN(C)C(C1CCC1)C1CNC1. The van der Waals surface area contributed by atoms with Crippen LogP contribution >= 0.6 is 0 Å². The second-order valence-electron chi connectivity index (χ2n) is 4.56. The molecule has 0 amide bonds. The third-order valence-electron chi connectivity index (χ3n) is 3.53. The lowest BCUT2D eigenvalue weighted by atomic mass is 9.73. The number of rotatable bonds is 3. The van der Waals surface area contributed by atoms with Crippen molar-refractivity contribution in [2.75, 3.05) is 27.2 Å². The van der Waals surface area contributed by atoms with Gasteiger partial charge in [-0.3, -0.25) is 0 Å². The molecule has 1 saturated carbocycles. The van der Waals surface area contributed by atoms with E-state index in [4.69, 9.17) is 0 Å². The molecule has 0 spiro atoms. The van der Waals surface area contributed by atoms with E-state index >= 15 is 0 Å². The van der Waals surface area contributed by atoms with E-state index in [9.17, 15) is 0 Å². The van der Waals surface area contributed by atoms with Crippen LogP contribution < -0.4 is 5.32 Å². The van der Waals surface area contributed by atoms with E-state index in [0.717, 1.165) is 17.9 Å². The summed E-state index contributed by atoms with van der Waals surface area (Å²) in [5.74, 6) is 1.94. The van der Waals surface area contributed by atoms with Crippen LogP contribution in [0.15, 0.2) is 0 Å². The fourth-order valence-corrected chi connectivity index (χ4v) is 2.56. The van der Waals surface area contributed by atoms with E-state index in [0.29, 0.717) is 0 Å². The lowest BCUT2D eigenvalue weighted by molar-refractivity contribution is 0.0645. The topological polar surface area (TPSA) is 15.3 Å². The van der Waals surface area contributed by atoms with Crippen LogP contribution in [0.1, 0.15) is 19.3 Å². The molecule has 2 rings (SSSR count). The van der Waals surface area contributed by atoms with Crippen molar-refractivity contribution in [3.63, 3.8) is 0 Å². The average Bonchev–Trinajstić information content (AvgIpc) is 1.77. The molecule has 1 unspecified atom stereocenters. The van der Waals surface area contributed by atoms with Gasteiger partial charge in [0.1, 0.15) is 0 Å². The first-order valence-electron chi connectivity index (χ1n) is 5.16. The third kappa shape index (κ3) is 1.38. The summed E-state index contributed by atoms with van der Waals surface area (Å²) in [5.41, 5.74) is 0. The van der Waals surface area contributed by atoms with Gasteiger partial charge in [-0.25, -0.2) is 0 Å². The van der Waals surface area contributed by atoms with Crippen molar-refractivity contribution in [1.29, 1.82) is 0 Å². The Hall–Kier alpha value is -0.0800. The van der Waals surface area contributed by atoms with Gasteiger partial charge in [-0.05, 0) is 38.8 Å². The van der Waals surface area contributed by atoms with Crippen LogP contribution in [0.4, 0.5) is 0 Å².